The summed E-state index contributed by atoms with van der Waals surface area (Å²) in [4.78, 5) is 0. The second-order valence-corrected chi connectivity index (χ2v) is 11.0. The number of benzene rings is 6. The second-order valence-electron chi connectivity index (χ2n) is 9.89. The van der Waals surface area contributed by atoms with E-state index in [0.717, 1.165) is 16.7 Å². The fourth-order valence-electron chi connectivity index (χ4n) is 5.29. The van der Waals surface area contributed by atoms with E-state index in [9.17, 15) is 0 Å². The van der Waals surface area contributed by atoms with Crippen molar-refractivity contribution in [2.75, 3.05) is 0 Å². The monoisotopic (exact) mass is 514 g/mol. The Morgan fingerprint density at radius 1 is 0.385 bits per heavy atom. The summed E-state index contributed by atoms with van der Waals surface area (Å²) in [5, 5.41) is 2.67. The van der Waals surface area contributed by atoms with Crippen LogP contribution in [0, 0.1) is 0 Å². The topological polar surface area (TPSA) is 0 Å². The van der Waals surface area contributed by atoms with Crippen molar-refractivity contribution in [3.8, 4) is 33.4 Å². The molecule has 0 atom stereocenters. The second kappa shape index (κ2) is 9.87. The van der Waals surface area contributed by atoms with Gasteiger partial charge in [0.05, 0.1) is 0 Å². The molecule has 1 aromatic heterocycles. The molecule has 0 saturated carbocycles. The fourth-order valence-corrected chi connectivity index (χ4v) is 6.37. The molecule has 1 heteroatoms. The van der Waals surface area contributed by atoms with Crippen LogP contribution >= 0.6 is 11.3 Å². The van der Waals surface area contributed by atoms with Crippen LogP contribution in [0.15, 0.2) is 152 Å². The molecule has 0 bridgehead atoms. The summed E-state index contributed by atoms with van der Waals surface area (Å²) in [7, 11) is 0. The van der Waals surface area contributed by atoms with Gasteiger partial charge in [-0.1, -0.05) is 134 Å². The third-order valence-corrected chi connectivity index (χ3v) is 8.65. The summed E-state index contributed by atoms with van der Waals surface area (Å²) >= 11 is 1.86. The van der Waals surface area contributed by atoms with Gasteiger partial charge in [0.25, 0.3) is 0 Å². The molecule has 0 unspecified atom stereocenters. The molecule has 7 aromatic rings. The zero-order valence-electron chi connectivity index (χ0n) is 21.5. The fraction of sp³-hybridized carbons (Fsp3) is 0. The normalized spacial score (nSPS) is 11.2. The van der Waals surface area contributed by atoms with Crippen LogP contribution in [0.5, 0.6) is 0 Å². The molecule has 0 saturated heterocycles. The molecule has 0 aliphatic heterocycles. The molecule has 0 spiro atoms. The van der Waals surface area contributed by atoms with Crippen molar-refractivity contribution in [2.24, 2.45) is 0 Å². The van der Waals surface area contributed by atoms with E-state index in [1.807, 2.05) is 17.4 Å². The van der Waals surface area contributed by atoms with Gasteiger partial charge in [-0.3, -0.25) is 0 Å². The van der Waals surface area contributed by atoms with Gasteiger partial charge in [-0.05, 0) is 68.3 Å². The minimum atomic E-state index is 1.04. The van der Waals surface area contributed by atoms with Crippen molar-refractivity contribution in [2.45, 2.75) is 0 Å². The molecule has 6 aromatic carbocycles. The van der Waals surface area contributed by atoms with Crippen molar-refractivity contribution in [3.63, 3.8) is 0 Å². The molecule has 0 aliphatic rings. The van der Waals surface area contributed by atoms with Gasteiger partial charge in [0, 0.05) is 20.2 Å². The van der Waals surface area contributed by atoms with Gasteiger partial charge in [0.1, 0.15) is 0 Å². The molecule has 0 nitrogen and oxygen atoms in total. The summed E-state index contributed by atoms with van der Waals surface area (Å²) in [5.74, 6) is 0. The van der Waals surface area contributed by atoms with Crippen LogP contribution in [0.25, 0.3) is 59.1 Å². The van der Waals surface area contributed by atoms with E-state index in [1.54, 1.807) is 0 Å². The van der Waals surface area contributed by atoms with Gasteiger partial charge in [0.2, 0.25) is 0 Å². The van der Waals surface area contributed by atoms with E-state index in [4.69, 9.17) is 0 Å². The van der Waals surface area contributed by atoms with Gasteiger partial charge in [-0.2, -0.15) is 0 Å². The van der Waals surface area contributed by atoms with Crippen molar-refractivity contribution >= 4 is 37.1 Å². The molecule has 0 amide bonds. The van der Waals surface area contributed by atoms with E-state index in [2.05, 4.69) is 146 Å². The SMILES string of the molecule is C=C(c1ccc(-c2ccccc2)cc1)c1ccc(-c2ccc(-c3ccc4sc5ccccc5c4c3)cc2)cc1. The number of fused-ring (bicyclic) bond motifs is 3. The van der Waals surface area contributed by atoms with Crippen LogP contribution in [0.1, 0.15) is 11.1 Å². The first kappa shape index (κ1) is 23.4. The maximum Gasteiger partial charge on any atom is 0.0355 e. The minimum absolute atomic E-state index is 1.04. The predicted molar refractivity (Wildman–Crippen MR) is 170 cm³/mol. The third kappa shape index (κ3) is 4.48. The molecule has 0 fully saturated rings. The lowest BCUT2D eigenvalue weighted by atomic mass is 9.94. The Labute approximate surface area is 233 Å². The average molecular weight is 515 g/mol. The third-order valence-electron chi connectivity index (χ3n) is 7.50. The van der Waals surface area contributed by atoms with Crippen LogP contribution in [-0.4, -0.2) is 0 Å². The molecular weight excluding hydrogens is 488 g/mol. The molecule has 0 aliphatic carbocycles. The van der Waals surface area contributed by atoms with E-state index in [1.165, 1.54) is 53.6 Å². The first-order valence-electron chi connectivity index (χ1n) is 13.2. The Kier molecular flexibility index (Phi) is 5.92. The lowest BCUT2D eigenvalue weighted by molar-refractivity contribution is 1.53. The number of rotatable bonds is 5. The summed E-state index contributed by atoms with van der Waals surface area (Å²) in [6, 6.07) is 52.2. The summed E-state index contributed by atoms with van der Waals surface area (Å²) in [6.45, 7) is 4.38. The summed E-state index contributed by atoms with van der Waals surface area (Å²) in [5.41, 5.74) is 10.7. The lowest BCUT2D eigenvalue weighted by Gasteiger charge is -2.10. The van der Waals surface area contributed by atoms with Gasteiger partial charge in [-0.25, -0.2) is 0 Å². The van der Waals surface area contributed by atoms with Crippen LogP contribution < -0.4 is 0 Å². The number of thiophene rings is 1. The Bertz CT molecular complexity index is 1920. The van der Waals surface area contributed by atoms with E-state index >= 15 is 0 Å². The highest BCUT2D eigenvalue weighted by Gasteiger charge is 2.08. The van der Waals surface area contributed by atoms with E-state index < -0.39 is 0 Å². The first-order chi connectivity index (χ1) is 19.2. The predicted octanol–water partition coefficient (Wildman–Crippen LogP) is 11.1. The van der Waals surface area contributed by atoms with Crippen LogP contribution in [0.3, 0.4) is 0 Å². The Morgan fingerprint density at radius 3 is 1.44 bits per heavy atom. The van der Waals surface area contributed by atoms with Crippen LogP contribution in [0.4, 0.5) is 0 Å². The minimum Gasteiger partial charge on any atom is -0.135 e. The largest absolute Gasteiger partial charge is 0.135 e. The van der Waals surface area contributed by atoms with Crippen LogP contribution in [0.2, 0.25) is 0 Å². The van der Waals surface area contributed by atoms with Gasteiger partial charge in [-0.15, -0.1) is 11.3 Å². The zero-order valence-corrected chi connectivity index (χ0v) is 22.3. The van der Waals surface area contributed by atoms with Gasteiger partial charge in [0.15, 0.2) is 0 Å². The maximum atomic E-state index is 4.38. The highest BCUT2D eigenvalue weighted by atomic mass is 32.1. The Hall–Kier alpha value is -4.72. The van der Waals surface area contributed by atoms with E-state index in [-0.39, 0.29) is 0 Å². The summed E-state index contributed by atoms with van der Waals surface area (Å²) in [6.07, 6.45) is 0. The highest BCUT2D eigenvalue weighted by Crippen LogP contribution is 2.36. The van der Waals surface area contributed by atoms with Gasteiger partial charge >= 0.3 is 0 Å². The number of hydrogen-bond donors (Lipinski definition) is 0. The standard InChI is InChI=1S/C38H26S/c1-26(27-11-15-30(16-12-27)29-7-3-2-4-8-29)28-13-17-31(18-14-28)32-19-21-33(22-20-32)34-23-24-38-36(25-34)35-9-5-6-10-37(35)39-38/h2-25H,1H2. The molecule has 1 heterocycles. The van der Waals surface area contributed by atoms with Crippen molar-refractivity contribution < 1.29 is 0 Å². The number of hydrogen-bond acceptors (Lipinski definition) is 1. The average Bonchev–Trinajstić information content (AvgIpc) is 3.39. The zero-order chi connectivity index (χ0) is 26.2. The lowest BCUT2D eigenvalue weighted by Crippen LogP contribution is -1.88. The van der Waals surface area contributed by atoms with Crippen LogP contribution in [-0.2, 0) is 0 Å². The maximum absolute atomic E-state index is 4.38. The smallest absolute Gasteiger partial charge is 0.0355 e. The van der Waals surface area contributed by atoms with Crippen molar-refractivity contribution in [1.29, 1.82) is 0 Å². The molecule has 184 valence electrons. The Morgan fingerprint density at radius 2 is 0.821 bits per heavy atom. The van der Waals surface area contributed by atoms with Crippen molar-refractivity contribution in [1.82, 2.24) is 0 Å². The van der Waals surface area contributed by atoms with E-state index in [0.29, 0.717) is 0 Å². The van der Waals surface area contributed by atoms with Gasteiger partial charge < -0.3 is 0 Å². The molecular formula is C38H26S. The summed E-state index contributed by atoms with van der Waals surface area (Å²) < 4.78 is 2.68. The molecule has 0 N–H and O–H groups in total. The highest BCUT2D eigenvalue weighted by molar-refractivity contribution is 7.25. The van der Waals surface area contributed by atoms with Crippen molar-refractivity contribution in [3.05, 3.63) is 163 Å². The Balaban J connectivity index is 1.10. The molecule has 39 heavy (non-hydrogen) atoms. The molecule has 0 radical (unpaired) electrons. The quantitative estimate of drug-likeness (QED) is 0.214. The first-order valence-corrected chi connectivity index (χ1v) is 14.0. The molecule has 7 rings (SSSR count).